The molecule has 0 bridgehead atoms. The van der Waals surface area contributed by atoms with Gasteiger partial charge < -0.3 is 9.15 Å². The molecule has 2 heterocycles. The van der Waals surface area contributed by atoms with Gasteiger partial charge >= 0.3 is 12.0 Å². The van der Waals surface area contributed by atoms with Gasteiger partial charge in [0.05, 0.1) is 23.4 Å². The quantitative estimate of drug-likeness (QED) is 0.278. The molecule has 1 aliphatic rings. The van der Waals surface area contributed by atoms with Crippen LogP contribution in [-0.2, 0) is 14.3 Å². The van der Waals surface area contributed by atoms with Gasteiger partial charge in [0.2, 0.25) is 0 Å². The van der Waals surface area contributed by atoms with Crippen molar-refractivity contribution in [3.8, 4) is 11.3 Å². The molecule has 0 atom stereocenters. The third-order valence-corrected chi connectivity index (χ3v) is 6.28. The third-order valence-electron chi connectivity index (χ3n) is 5.07. The number of nitrogens with one attached hydrogen (secondary N) is 1. The first kappa shape index (κ1) is 23.5. The number of urea groups is 1. The molecule has 172 valence electrons. The number of carbonyl (C=O) groups excluding carboxylic acids is 4. The standard InChI is InChI=1S/C24H16BrClN2O6/c1-12-9-14(4-7-18(12)25)28-22(30)17(21(29)27-24(28)32)11-15-5-8-20(34-15)13-3-6-16(19(26)10-13)23(31)33-2/h3-11H,1-2H3,(H,27,29,32)/b17-11+. The van der Waals surface area contributed by atoms with E-state index in [1.54, 1.807) is 36.4 Å². The number of halogens is 2. The Hall–Kier alpha value is -3.69. The molecule has 0 aliphatic carbocycles. The lowest BCUT2D eigenvalue weighted by molar-refractivity contribution is -0.122. The van der Waals surface area contributed by atoms with Gasteiger partial charge in [-0.15, -0.1) is 0 Å². The highest BCUT2D eigenvalue weighted by Gasteiger charge is 2.37. The number of rotatable bonds is 4. The summed E-state index contributed by atoms with van der Waals surface area (Å²) in [5, 5.41) is 2.36. The molecule has 0 radical (unpaired) electrons. The Morgan fingerprint density at radius 3 is 2.56 bits per heavy atom. The zero-order chi connectivity index (χ0) is 24.6. The SMILES string of the molecule is COC(=O)c1ccc(-c2ccc(/C=C3\C(=O)NC(=O)N(c4ccc(Br)c(C)c4)C3=O)o2)cc1Cl. The number of hydrogen-bond acceptors (Lipinski definition) is 6. The summed E-state index contributed by atoms with van der Waals surface area (Å²) in [6, 6.07) is 12.0. The minimum atomic E-state index is -0.839. The molecular weight excluding hydrogens is 528 g/mol. The molecule has 0 unspecified atom stereocenters. The van der Waals surface area contributed by atoms with Gasteiger partial charge in [-0.1, -0.05) is 33.6 Å². The molecule has 0 spiro atoms. The third kappa shape index (κ3) is 4.40. The van der Waals surface area contributed by atoms with E-state index in [-0.39, 0.29) is 21.9 Å². The average Bonchev–Trinajstić information content (AvgIpc) is 3.27. The minimum Gasteiger partial charge on any atom is -0.465 e. The van der Waals surface area contributed by atoms with E-state index in [9.17, 15) is 19.2 Å². The summed E-state index contributed by atoms with van der Waals surface area (Å²) in [6.45, 7) is 1.82. The molecular formula is C24H16BrClN2O6. The summed E-state index contributed by atoms with van der Waals surface area (Å²) in [6.07, 6.45) is 1.26. The Morgan fingerprint density at radius 1 is 1.12 bits per heavy atom. The molecule has 0 saturated carbocycles. The van der Waals surface area contributed by atoms with Gasteiger partial charge in [-0.05, 0) is 61.0 Å². The first-order chi connectivity index (χ1) is 16.2. The van der Waals surface area contributed by atoms with Crippen LogP contribution in [0.3, 0.4) is 0 Å². The van der Waals surface area contributed by atoms with Crippen LogP contribution in [0.15, 0.2) is 63.0 Å². The zero-order valence-corrected chi connectivity index (χ0v) is 20.2. The van der Waals surface area contributed by atoms with Crippen LogP contribution in [0.2, 0.25) is 5.02 Å². The van der Waals surface area contributed by atoms with Crippen LogP contribution in [0.25, 0.3) is 17.4 Å². The Bertz CT molecular complexity index is 1390. The fourth-order valence-corrected chi connectivity index (χ4v) is 3.84. The van der Waals surface area contributed by atoms with E-state index < -0.39 is 23.8 Å². The van der Waals surface area contributed by atoms with Crippen molar-refractivity contribution in [2.24, 2.45) is 0 Å². The molecule has 1 aromatic heterocycles. The highest BCUT2D eigenvalue weighted by atomic mass is 79.9. The van der Waals surface area contributed by atoms with E-state index in [1.807, 2.05) is 6.92 Å². The maximum Gasteiger partial charge on any atom is 0.339 e. The number of benzene rings is 2. The van der Waals surface area contributed by atoms with Crippen LogP contribution in [-0.4, -0.2) is 30.9 Å². The number of furan rings is 1. The summed E-state index contributed by atoms with van der Waals surface area (Å²) < 4.78 is 11.3. The van der Waals surface area contributed by atoms with Gasteiger partial charge in [0.25, 0.3) is 11.8 Å². The van der Waals surface area contributed by atoms with Crippen molar-refractivity contribution in [1.82, 2.24) is 5.32 Å². The van der Waals surface area contributed by atoms with E-state index in [0.717, 1.165) is 14.9 Å². The maximum absolute atomic E-state index is 13.1. The lowest BCUT2D eigenvalue weighted by atomic mass is 10.1. The number of nitrogens with zero attached hydrogens (tertiary/aromatic N) is 1. The number of aryl methyl sites for hydroxylation is 1. The number of imide groups is 2. The lowest BCUT2D eigenvalue weighted by Crippen LogP contribution is -2.54. The van der Waals surface area contributed by atoms with E-state index in [2.05, 4.69) is 26.0 Å². The van der Waals surface area contributed by atoms with Crippen LogP contribution in [0, 0.1) is 6.92 Å². The normalized spacial score (nSPS) is 15.0. The van der Waals surface area contributed by atoms with Crippen LogP contribution in [0.4, 0.5) is 10.5 Å². The minimum absolute atomic E-state index is 0.182. The molecule has 2 aromatic carbocycles. The topological polar surface area (TPSA) is 106 Å². The number of hydrogen-bond donors (Lipinski definition) is 1. The second-order valence-corrected chi connectivity index (χ2v) is 8.54. The summed E-state index contributed by atoms with van der Waals surface area (Å²) in [4.78, 5) is 50.5. The van der Waals surface area contributed by atoms with Crippen molar-refractivity contribution < 1.29 is 28.3 Å². The maximum atomic E-state index is 13.1. The largest absolute Gasteiger partial charge is 0.465 e. The monoisotopic (exact) mass is 542 g/mol. The molecule has 1 aliphatic heterocycles. The second kappa shape index (κ2) is 9.28. The smallest absolute Gasteiger partial charge is 0.339 e. The van der Waals surface area contributed by atoms with Crippen molar-refractivity contribution in [1.29, 1.82) is 0 Å². The van der Waals surface area contributed by atoms with Crippen LogP contribution < -0.4 is 10.2 Å². The molecule has 34 heavy (non-hydrogen) atoms. The first-order valence-corrected chi connectivity index (χ1v) is 11.0. The Morgan fingerprint density at radius 2 is 1.88 bits per heavy atom. The number of carbonyl (C=O) groups is 4. The zero-order valence-electron chi connectivity index (χ0n) is 17.8. The van der Waals surface area contributed by atoms with Crippen LogP contribution in [0.5, 0.6) is 0 Å². The van der Waals surface area contributed by atoms with Crippen LogP contribution in [0.1, 0.15) is 21.7 Å². The molecule has 4 rings (SSSR count). The number of anilines is 1. The fourth-order valence-electron chi connectivity index (χ4n) is 3.33. The summed E-state index contributed by atoms with van der Waals surface area (Å²) in [5.41, 5.74) is 1.65. The van der Waals surface area contributed by atoms with Gasteiger partial charge in [0, 0.05) is 10.0 Å². The van der Waals surface area contributed by atoms with Crippen molar-refractivity contribution in [3.63, 3.8) is 0 Å². The second-order valence-electron chi connectivity index (χ2n) is 7.28. The van der Waals surface area contributed by atoms with Crippen molar-refractivity contribution in [2.45, 2.75) is 6.92 Å². The van der Waals surface area contributed by atoms with E-state index in [0.29, 0.717) is 17.0 Å². The average molecular weight is 544 g/mol. The summed E-state index contributed by atoms with van der Waals surface area (Å²) in [7, 11) is 1.26. The summed E-state index contributed by atoms with van der Waals surface area (Å²) in [5.74, 6) is -1.57. The predicted octanol–water partition coefficient (Wildman–Crippen LogP) is 5.12. The summed E-state index contributed by atoms with van der Waals surface area (Å²) >= 11 is 9.55. The number of barbiturate groups is 1. The Balaban J connectivity index is 1.65. The predicted molar refractivity (Wildman–Crippen MR) is 128 cm³/mol. The number of methoxy groups -OCH3 is 1. The number of ether oxygens (including phenoxy) is 1. The molecule has 8 nitrogen and oxygen atoms in total. The Kier molecular flexibility index (Phi) is 6.41. The van der Waals surface area contributed by atoms with Crippen molar-refractivity contribution in [2.75, 3.05) is 12.0 Å². The lowest BCUT2D eigenvalue weighted by Gasteiger charge is -2.26. The first-order valence-electron chi connectivity index (χ1n) is 9.85. The van der Waals surface area contributed by atoms with Gasteiger partial charge in [-0.25, -0.2) is 14.5 Å². The molecule has 4 amide bonds. The molecule has 3 aromatic rings. The molecule has 10 heteroatoms. The van der Waals surface area contributed by atoms with E-state index in [1.165, 1.54) is 25.3 Å². The highest BCUT2D eigenvalue weighted by molar-refractivity contribution is 9.10. The van der Waals surface area contributed by atoms with Crippen molar-refractivity contribution >= 4 is 63.1 Å². The van der Waals surface area contributed by atoms with Gasteiger partial charge in [-0.2, -0.15) is 0 Å². The molecule has 1 saturated heterocycles. The number of esters is 1. The van der Waals surface area contributed by atoms with Gasteiger partial charge in [0.15, 0.2) is 0 Å². The van der Waals surface area contributed by atoms with Gasteiger partial charge in [-0.3, -0.25) is 14.9 Å². The highest BCUT2D eigenvalue weighted by Crippen LogP contribution is 2.30. The Labute approximate surface area is 207 Å². The van der Waals surface area contributed by atoms with Crippen LogP contribution >= 0.6 is 27.5 Å². The fraction of sp³-hybridized carbons (Fsp3) is 0.0833. The van der Waals surface area contributed by atoms with Gasteiger partial charge in [0.1, 0.15) is 17.1 Å². The molecule has 1 fully saturated rings. The van der Waals surface area contributed by atoms with E-state index >= 15 is 0 Å². The van der Waals surface area contributed by atoms with E-state index in [4.69, 9.17) is 16.0 Å². The van der Waals surface area contributed by atoms with Crippen molar-refractivity contribution in [3.05, 3.63) is 80.5 Å². The molecule has 1 N–H and O–H groups in total. The number of amides is 4.